The van der Waals surface area contributed by atoms with E-state index in [2.05, 4.69) is 10.6 Å². The first-order valence-electron chi connectivity index (χ1n) is 16.1. The van der Waals surface area contributed by atoms with Gasteiger partial charge in [-0.3, -0.25) is 13.9 Å². The van der Waals surface area contributed by atoms with Crippen LogP contribution in [0.3, 0.4) is 0 Å². The number of ether oxygens (including phenoxy) is 3. The number of carbonyl (C=O) groups is 2. The number of amides is 2. The topological polar surface area (TPSA) is 144 Å². The van der Waals surface area contributed by atoms with Crippen LogP contribution >= 0.6 is 0 Å². The monoisotopic (exact) mass is 759 g/mol. The van der Waals surface area contributed by atoms with Crippen LogP contribution in [-0.2, 0) is 19.5 Å². The lowest BCUT2D eigenvalue weighted by molar-refractivity contribution is -0.138. The molecule has 286 valence electrons. The van der Waals surface area contributed by atoms with Gasteiger partial charge in [-0.15, -0.1) is 0 Å². The van der Waals surface area contributed by atoms with Crippen molar-refractivity contribution in [3.05, 3.63) is 95.1 Å². The normalized spacial score (nSPS) is 14.2. The first-order chi connectivity index (χ1) is 24.4. The summed E-state index contributed by atoms with van der Waals surface area (Å²) in [6.45, 7) is 0.762. The fraction of sp³-hybridized carbons (Fsp3) is 0.429. The lowest BCUT2D eigenvalue weighted by Gasteiger charge is -2.27. The number of nitrogens with zero attached hydrogens (tertiary/aromatic N) is 1. The maximum absolute atomic E-state index is 13.9. The predicted octanol–water partition coefficient (Wildman–Crippen LogP) is 5.15. The highest BCUT2D eigenvalue weighted by molar-refractivity contribution is 7.92. The van der Waals surface area contributed by atoms with E-state index in [9.17, 15) is 45.1 Å². The Balaban J connectivity index is 1.88. The first kappa shape index (κ1) is 42.1. The smallest absolute Gasteiger partial charge is 0.389 e. The van der Waals surface area contributed by atoms with Gasteiger partial charge in [0, 0.05) is 62.9 Å². The van der Waals surface area contributed by atoms with Crippen molar-refractivity contribution in [3.63, 3.8) is 0 Å². The Hall–Kier alpha value is -4.32. The molecular formula is C35H42F5N3O8S. The molecule has 4 atom stereocenters. The van der Waals surface area contributed by atoms with Crippen LogP contribution in [0, 0.1) is 11.6 Å². The number of aliphatic hydroxyl groups is 1. The number of benzene rings is 3. The number of alkyl halides is 3. The third-order valence-electron chi connectivity index (χ3n) is 7.89. The van der Waals surface area contributed by atoms with E-state index in [0.717, 1.165) is 28.3 Å². The van der Waals surface area contributed by atoms with Gasteiger partial charge < -0.3 is 30.0 Å². The maximum Gasteiger partial charge on any atom is 0.389 e. The highest BCUT2D eigenvalue weighted by Crippen LogP contribution is 2.24. The summed E-state index contributed by atoms with van der Waals surface area (Å²) in [5.74, 6) is -3.66. The molecule has 0 saturated carbocycles. The zero-order valence-corrected chi connectivity index (χ0v) is 29.8. The van der Waals surface area contributed by atoms with Gasteiger partial charge in [-0.05, 0) is 37.1 Å². The van der Waals surface area contributed by atoms with Gasteiger partial charge in [-0.2, -0.15) is 13.2 Å². The second-order valence-corrected chi connectivity index (χ2v) is 14.1. The van der Waals surface area contributed by atoms with Gasteiger partial charge in [0.2, 0.25) is 10.0 Å². The Morgan fingerprint density at radius 3 is 2.08 bits per heavy atom. The first-order valence-corrected chi connectivity index (χ1v) is 17.9. The Kier molecular flexibility index (Phi) is 15.3. The second-order valence-electron chi connectivity index (χ2n) is 12.1. The van der Waals surface area contributed by atoms with Crippen molar-refractivity contribution in [2.24, 2.45) is 0 Å². The highest BCUT2D eigenvalue weighted by Gasteiger charge is 2.29. The Morgan fingerprint density at radius 2 is 1.52 bits per heavy atom. The average Bonchev–Trinajstić information content (AvgIpc) is 3.07. The van der Waals surface area contributed by atoms with Crippen molar-refractivity contribution < 1.29 is 59.3 Å². The van der Waals surface area contributed by atoms with Crippen molar-refractivity contribution in [1.29, 1.82) is 0 Å². The Bertz CT molecular complexity index is 1730. The van der Waals surface area contributed by atoms with Gasteiger partial charge in [0.1, 0.15) is 24.0 Å². The molecule has 0 spiro atoms. The van der Waals surface area contributed by atoms with Crippen molar-refractivity contribution in [2.45, 2.75) is 56.7 Å². The molecule has 17 heteroatoms. The molecule has 3 aromatic rings. The largest absolute Gasteiger partial charge is 0.491 e. The van der Waals surface area contributed by atoms with E-state index in [4.69, 9.17) is 14.2 Å². The van der Waals surface area contributed by atoms with Crippen LogP contribution in [-0.4, -0.2) is 90.0 Å². The molecule has 0 fully saturated rings. The quantitative estimate of drug-likeness (QED) is 0.113. The van der Waals surface area contributed by atoms with Crippen molar-refractivity contribution in [2.75, 3.05) is 44.5 Å². The SMILES string of the molecule is COC(COCCCC(F)(F)F)CC(O)C(COc1cc(F)cc(F)c1)NC(=O)c1cc(C(=O)NC(C)c2ccccc2)cc(N(C)S(C)(=O)=O)c1. The van der Waals surface area contributed by atoms with Crippen molar-refractivity contribution >= 4 is 27.5 Å². The summed E-state index contributed by atoms with van der Waals surface area (Å²) < 4.78 is 107. The molecule has 0 aliphatic heterocycles. The molecule has 3 rings (SSSR count). The van der Waals surface area contributed by atoms with E-state index in [0.29, 0.717) is 6.07 Å². The molecule has 0 aliphatic rings. The maximum atomic E-state index is 13.9. The van der Waals surface area contributed by atoms with Crippen LogP contribution in [0.5, 0.6) is 5.75 Å². The molecule has 0 radical (unpaired) electrons. The number of aliphatic hydroxyl groups excluding tert-OH is 1. The minimum absolute atomic E-state index is 0.0293. The third-order valence-corrected chi connectivity index (χ3v) is 9.09. The standard InChI is InChI=1S/C35H42F5N3O8S/c1-22(23-9-6-5-7-10-23)41-33(45)24-13-25(15-28(14-24)43(2)52(4,47)48)34(46)42-31(21-51-29-17-26(36)16-27(37)18-29)32(44)19-30(49-3)20-50-12-8-11-35(38,39)40/h5-7,9-10,13-18,22,30-32,44H,8,11-12,19-21H2,1-4H3,(H,41,45)(H,42,46). The van der Waals surface area contributed by atoms with E-state index in [1.54, 1.807) is 31.2 Å². The number of rotatable bonds is 19. The van der Waals surface area contributed by atoms with E-state index >= 15 is 0 Å². The second kappa shape index (κ2) is 19.0. The number of halogens is 5. The van der Waals surface area contributed by atoms with Gasteiger partial charge in [-0.1, -0.05) is 30.3 Å². The summed E-state index contributed by atoms with van der Waals surface area (Å²) in [6, 6.07) is 13.3. The zero-order valence-electron chi connectivity index (χ0n) is 29.0. The van der Waals surface area contributed by atoms with Crippen LogP contribution in [0.15, 0.2) is 66.7 Å². The van der Waals surface area contributed by atoms with Gasteiger partial charge in [0.05, 0.1) is 42.8 Å². The average molecular weight is 760 g/mol. The Morgan fingerprint density at radius 1 is 0.923 bits per heavy atom. The molecule has 52 heavy (non-hydrogen) atoms. The highest BCUT2D eigenvalue weighted by atomic mass is 32.2. The minimum atomic E-state index is -4.35. The molecule has 0 saturated heterocycles. The van der Waals surface area contributed by atoms with Gasteiger partial charge in [-0.25, -0.2) is 17.2 Å². The van der Waals surface area contributed by atoms with E-state index < -0.39 is 77.0 Å². The van der Waals surface area contributed by atoms with Crippen LogP contribution in [0.25, 0.3) is 0 Å². The molecule has 0 bridgehead atoms. The van der Waals surface area contributed by atoms with Crippen molar-refractivity contribution in [3.8, 4) is 5.75 Å². The van der Waals surface area contributed by atoms with Crippen molar-refractivity contribution in [1.82, 2.24) is 10.6 Å². The Labute approximate surface area is 299 Å². The lowest BCUT2D eigenvalue weighted by atomic mass is 10.0. The summed E-state index contributed by atoms with van der Waals surface area (Å²) >= 11 is 0. The molecule has 3 aromatic carbocycles. The van der Waals surface area contributed by atoms with E-state index in [1.165, 1.54) is 32.4 Å². The summed E-state index contributed by atoms with van der Waals surface area (Å²) in [5, 5.41) is 16.6. The summed E-state index contributed by atoms with van der Waals surface area (Å²) in [7, 11) is -1.34. The number of nitrogens with one attached hydrogen (secondary N) is 2. The summed E-state index contributed by atoms with van der Waals surface area (Å²) in [6.07, 6.45) is -7.33. The minimum Gasteiger partial charge on any atom is -0.491 e. The molecule has 3 N–H and O–H groups in total. The van der Waals surface area contributed by atoms with Gasteiger partial charge in [0.25, 0.3) is 11.8 Å². The number of anilines is 1. The molecule has 2 amide bonds. The number of hydrogen-bond donors (Lipinski definition) is 3. The molecule has 11 nitrogen and oxygen atoms in total. The zero-order chi connectivity index (χ0) is 38.6. The van der Waals surface area contributed by atoms with E-state index in [-0.39, 0.29) is 48.6 Å². The van der Waals surface area contributed by atoms with Crippen LogP contribution in [0.1, 0.15) is 58.5 Å². The predicted molar refractivity (Wildman–Crippen MR) is 183 cm³/mol. The fourth-order valence-corrected chi connectivity index (χ4v) is 5.39. The number of carbonyl (C=O) groups excluding carboxylic acids is 2. The number of hydrogen-bond acceptors (Lipinski definition) is 8. The molecule has 4 unspecified atom stereocenters. The van der Waals surface area contributed by atoms with Crippen LogP contribution in [0.4, 0.5) is 27.6 Å². The van der Waals surface area contributed by atoms with Crippen LogP contribution < -0.4 is 19.7 Å². The third kappa shape index (κ3) is 13.7. The van der Waals surface area contributed by atoms with Crippen LogP contribution in [0.2, 0.25) is 0 Å². The van der Waals surface area contributed by atoms with Gasteiger partial charge >= 0.3 is 6.18 Å². The number of sulfonamides is 1. The fourth-order valence-electron chi connectivity index (χ4n) is 4.91. The summed E-state index contributed by atoms with van der Waals surface area (Å²) in [4.78, 5) is 27.1. The molecular weight excluding hydrogens is 717 g/mol. The molecule has 0 aromatic heterocycles. The summed E-state index contributed by atoms with van der Waals surface area (Å²) in [5.41, 5.74) is 0.509. The number of methoxy groups -OCH3 is 1. The molecule has 0 aliphatic carbocycles. The molecule has 0 heterocycles. The van der Waals surface area contributed by atoms with Gasteiger partial charge in [0.15, 0.2) is 0 Å². The lowest BCUT2D eigenvalue weighted by Crippen LogP contribution is -2.48. The van der Waals surface area contributed by atoms with E-state index in [1.807, 2.05) is 6.07 Å².